The largest absolute Gasteiger partial charge is 0.456 e. The maximum atomic E-state index is 13.2. The molecule has 0 radical (unpaired) electrons. The Morgan fingerprint density at radius 1 is 1.06 bits per heavy atom. The van der Waals surface area contributed by atoms with Crippen LogP contribution in [0.15, 0.2) is 57.7 Å². The number of nitrogens with zero attached hydrogens (tertiary/aromatic N) is 2. The van der Waals surface area contributed by atoms with E-state index in [1.165, 1.54) is 0 Å². The van der Waals surface area contributed by atoms with Gasteiger partial charge in [0.15, 0.2) is 5.43 Å². The van der Waals surface area contributed by atoms with Gasteiger partial charge in [0.1, 0.15) is 17.1 Å². The molecule has 32 heavy (non-hydrogen) atoms. The van der Waals surface area contributed by atoms with Crippen molar-refractivity contribution in [2.24, 2.45) is 0 Å². The summed E-state index contributed by atoms with van der Waals surface area (Å²) < 4.78 is 11.7. The molecule has 1 fully saturated rings. The first-order valence-corrected chi connectivity index (χ1v) is 11.0. The summed E-state index contributed by atoms with van der Waals surface area (Å²) in [5, 5.41) is 0.453. The monoisotopic (exact) mass is 430 g/mol. The quantitative estimate of drug-likeness (QED) is 0.467. The molecule has 6 heteroatoms. The van der Waals surface area contributed by atoms with Crippen LogP contribution in [0.25, 0.3) is 22.6 Å². The lowest BCUT2D eigenvalue weighted by atomic mass is 10.1. The number of carbonyl (C=O) groups is 1. The molecule has 3 aromatic rings. The highest BCUT2D eigenvalue weighted by molar-refractivity contribution is 5.87. The van der Waals surface area contributed by atoms with Gasteiger partial charge >= 0.3 is 5.97 Å². The smallest absolute Gasteiger partial charge is 0.325 e. The van der Waals surface area contributed by atoms with Crippen molar-refractivity contribution in [1.82, 2.24) is 9.80 Å². The molecule has 2 heterocycles. The van der Waals surface area contributed by atoms with E-state index in [1.807, 2.05) is 30.3 Å². The van der Waals surface area contributed by atoms with Crippen molar-refractivity contribution in [1.29, 1.82) is 0 Å². The van der Waals surface area contributed by atoms with E-state index in [0.717, 1.165) is 43.7 Å². The molecule has 0 atom stereocenters. The predicted molar refractivity (Wildman–Crippen MR) is 125 cm³/mol. The molecule has 0 amide bonds. The molecule has 1 saturated heterocycles. The molecule has 2 aliphatic rings. The van der Waals surface area contributed by atoms with Crippen molar-refractivity contribution in [3.05, 3.63) is 75.6 Å². The van der Waals surface area contributed by atoms with Gasteiger partial charge in [0.05, 0.1) is 11.9 Å². The Labute approximate surface area is 186 Å². The van der Waals surface area contributed by atoms with E-state index in [9.17, 15) is 9.59 Å². The van der Waals surface area contributed by atoms with Crippen molar-refractivity contribution >= 4 is 28.6 Å². The van der Waals surface area contributed by atoms with Crippen LogP contribution < -0.4 is 10.2 Å². The van der Waals surface area contributed by atoms with Gasteiger partial charge in [-0.2, -0.15) is 0 Å². The molecule has 6 nitrogen and oxygen atoms in total. The fraction of sp³-hybridized carbons (Fsp3) is 0.308. The van der Waals surface area contributed by atoms with E-state index in [4.69, 9.17) is 9.15 Å². The maximum absolute atomic E-state index is 13.2. The van der Waals surface area contributed by atoms with Crippen molar-refractivity contribution in [2.75, 3.05) is 39.8 Å². The zero-order valence-corrected chi connectivity index (χ0v) is 18.2. The number of fused-ring (bicyclic) bond motifs is 2. The lowest BCUT2D eigenvalue weighted by molar-refractivity contribution is -0.136. The van der Waals surface area contributed by atoms with Gasteiger partial charge in [-0.3, -0.25) is 14.5 Å². The fourth-order valence-corrected chi connectivity index (χ4v) is 4.38. The lowest BCUT2D eigenvalue weighted by Crippen LogP contribution is -2.46. The number of ether oxygens (including phenoxy) is 1. The number of rotatable bonds is 4. The van der Waals surface area contributed by atoms with Crippen LogP contribution in [-0.4, -0.2) is 55.5 Å². The highest BCUT2D eigenvalue weighted by atomic mass is 16.5. The van der Waals surface area contributed by atoms with Crippen molar-refractivity contribution < 1.29 is 13.9 Å². The lowest BCUT2D eigenvalue weighted by Gasteiger charge is -2.31. The van der Waals surface area contributed by atoms with E-state index in [0.29, 0.717) is 34.5 Å². The Morgan fingerprint density at radius 2 is 1.84 bits per heavy atom. The third-order valence-corrected chi connectivity index (χ3v) is 6.21. The topological polar surface area (TPSA) is 63.0 Å². The van der Waals surface area contributed by atoms with Gasteiger partial charge in [-0.05, 0) is 55.3 Å². The van der Waals surface area contributed by atoms with E-state index >= 15 is 0 Å². The van der Waals surface area contributed by atoms with Crippen LogP contribution in [0.1, 0.15) is 23.3 Å². The number of benzene rings is 2. The summed E-state index contributed by atoms with van der Waals surface area (Å²) in [6, 6.07) is 15.1. The summed E-state index contributed by atoms with van der Waals surface area (Å²) in [4.78, 5) is 29.9. The number of hydrogen-bond acceptors (Lipinski definition) is 6. The highest BCUT2D eigenvalue weighted by Crippen LogP contribution is 2.34. The minimum atomic E-state index is -0.312. The van der Waals surface area contributed by atoms with Gasteiger partial charge in [-0.15, -0.1) is 0 Å². The van der Waals surface area contributed by atoms with E-state index in [1.54, 1.807) is 18.2 Å². The standard InChI is InChI=1S/C26H26N2O4/c1-27-11-13-28(14-12-27)17-24(29)31-20-8-10-23-22(16-20)25(30)21-9-7-19(26(21)32-23)15-18-5-3-2-4-6-18/h2-6,8,10,15-16H,7,9,11-14,17H2,1H3. The molecule has 2 aromatic carbocycles. The average molecular weight is 431 g/mol. The average Bonchev–Trinajstić information content (AvgIpc) is 3.19. The Kier molecular flexibility index (Phi) is 5.64. The third-order valence-electron chi connectivity index (χ3n) is 6.21. The minimum Gasteiger partial charge on any atom is -0.456 e. The molecule has 0 N–H and O–H groups in total. The minimum absolute atomic E-state index is 0.0466. The Morgan fingerprint density at radius 3 is 2.62 bits per heavy atom. The first-order chi connectivity index (χ1) is 15.6. The number of esters is 1. The SMILES string of the molecule is CN1CCN(CC(=O)Oc2ccc3oc4c(c(=O)c3c2)CCC4=Cc2ccccc2)CC1. The van der Waals surface area contributed by atoms with Crippen LogP contribution in [0.3, 0.4) is 0 Å². The highest BCUT2D eigenvalue weighted by Gasteiger charge is 2.24. The second kappa shape index (κ2) is 8.73. The first-order valence-electron chi connectivity index (χ1n) is 11.0. The molecule has 0 bridgehead atoms. The summed E-state index contributed by atoms with van der Waals surface area (Å²) in [6.07, 6.45) is 3.50. The van der Waals surface area contributed by atoms with E-state index < -0.39 is 0 Å². The number of piperazine rings is 1. The van der Waals surface area contributed by atoms with Gasteiger partial charge < -0.3 is 14.1 Å². The van der Waals surface area contributed by atoms with E-state index in [2.05, 4.69) is 22.9 Å². The van der Waals surface area contributed by atoms with Gasteiger partial charge in [0.25, 0.3) is 0 Å². The second-order valence-electron chi connectivity index (χ2n) is 8.53. The Hall–Kier alpha value is -3.22. The summed E-state index contributed by atoms with van der Waals surface area (Å²) in [5.74, 6) is 0.737. The normalized spacial score (nSPS) is 18.2. The molecule has 1 aromatic heterocycles. The molecule has 1 aliphatic heterocycles. The Balaban J connectivity index is 1.37. The molecule has 1 aliphatic carbocycles. The Bertz CT molecular complexity index is 1240. The van der Waals surface area contributed by atoms with Gasteiger partial charge in [-0.25, -0.2) is 0 Å². The molecule has 164 valence electrons. The molecule has 0 saturated carbocycles. The van der Waals surface area contributed by atoms with Gasteiger partial charge in [0, 0.05) is 31.7 Å². The van der Waals surface area contributed by atoms with Crippen LogP contribution in [0, 0.1) is 0 Å². The maximum Gasteiger partial charge on any atom is 0.325 e. The van der Waals surface area contributed by atoms with Crippen LogP contribution in [0.2, 0.25) is 0 Å². The summed E-state index contributed by atoms with van der Waals surface area (Å²) in [6.45, 7) is 3.82. The zero-order valence-electron chi connectivity index (χ0n) is 18.2. The fourth-order valence-electron chi connectivity index (χ4n) is 4.38. The predicted octanol–water partition coefficient (Wildman–Crippen LogP) is 3.43. The van der Waals surface area contributed by atoms with Gasteiger partial charge in [-0.1, -0.05) is 30.3 Å². The third kappa shape index (κ3) is 4.24. The zero-order chi connectivity index (χ0) is 22.1. The number of hydrogen-bond donors (Lipinski definition) is 0. The van der Waals surface area contributed by atoms with Crippen LogP contribution in [-0.2, 0) is 11.2 Å². The molecular formula is C26H26N2O4. The molecular weight excluding hydrogens is 404 g/mol. The summed E-state index contributed by atoms with van der Waals surface area (Å²) in [5.41, 5.74) is 3.28. The molecule has 0 unspecified atom stereocenters. The van der Waals surface area contributed by atoms with Gasteiger partial charge in [0.2, 0.25) is 0 Å². The number of likely N-dealkylation sites (N-methyl/N-ethyl adjacent to an activating group) is 1. The summed E-state index contributed by atoms with van der Waals surface area (Å²) >= 11 is 0. The van der Waals surface area contributed by atoms with Crippen molar-refractivity contribution in [3.8, 4) is 5.75 Å². The van der Waals surface area contributed by atoms with Crippen molar-refractivity contribution in [2.45, 2.75) is 12.8 Å². The van der Waals surface area contributed by atoms with Crippen LogP contribution >= 0.6 is 0 Å². The number of allylic oxidation sites excluding steroid dienone is 1. The second-order valence-corrected chi connectivity index (χ2v) is 8.53. The van der Waals surface area contributed by atoms with Crippen molar-refractivity contribution in [3.63, 3.8) is 0 Å². The first kappa shape index (κ1) is 20.7. The van der Waals surface area contributed by atoms with E-state index in [-0.39, 0.29) is 17.9 Å². The van der Waals surface area contributed by atoms with Crippen LogP contribution in [0.5, 0.6) is 5.75 Å². The van der Waals surface area contributed by atoms with Crippen LogP contribution in [0.4, 0.5) is 0 Å². The molecule has 0 spiro atoms. The number of carbonyl (C=O) groups excluding carboxylic acids is 1. The molecule has 5 rings (SSSR count). The summed E-state index contributed by atoms with van der Waals surface area (Å²) in [7, 11) is 2.08.